The van der Waals surface area contributed by atoms with Crippen LogP contribution in [0.4, 0.5) is 0 Å². The highest BCUT2D eigenvalue weighted by molar-refractivity contribution is 7.47. The van der Waals surface area contributed by atoms with Crippen LogP contribution >= 0.6 is 15.6 Å². The molecule has 19 heteroatoms. The smallest absolute Gasteiger partial charge is 0.462 e. The Morgan fingerprint density at radius 3 is 0.791 bits per heavy atom. The summed E-state index contributed by atoms with van der Waals surface area (Å²) in [5.41, 5.74) is 0. The van der Waals surface area contributed by atoms with Crippen LogP contribution < -0.4 is 0 Å². The van der Waals surface area contributed by atoms with Crippen molar-refractivity contribution in [1.29, 1.82) is 0 Å². The SMILES string of the molecule is CCCCCCCCCCCCCCCCC(=O)O[C@H](COC(=O)CCCCCCCCCCCCC(C)C)COP(=O)(O)OC[C@@H](O)COP(=O)(O)OC[C@@H](COC(=O)CCCCCCCCC)OC(=O)CCCCCCCCCCCC(C)C. The quantitative estimate of drug-likeness (QED) is 0.0222. The van der Waals surface area contributed by atoms with E-state index in [1.54, 1.807) is 0 Å². The van der Waals surface area contributed by atoms with Crippen LogP contribution in [-0.4, -0.2) is 96.7 Å². The van der Waals surface area contributed by atoms with Gasteiger partial charge in [0.15, 0.2) is 12.2 Å². The van der Waals surface area contributed by atoms with Gasteiger partial charge in [0.2, 0.25) is 0 Å². The summed E-state index contributed by atoms with van der Waals surface area (Å²) < 4.78 is 68.1. The predicted octanol–water partition coefficient (Wildman–Crippen LogP) is 18.8. The lowest BCUT2D eigenvalue weighted by atomic mass is 10.0. The number of hydrogen-bond donors (Lipinski definition) is 3. The van der Waals surface area contributed by atoms with Crippen molar-refractivity contribution in [2.45, 2.75) is 355 Å². The summed E-state index contributed by atoms with van der Waals surface area (Å²) in [6.45, 7) is 9.46. The van der Waals surface area contributed by atoms with Crippen LogP contribution in [0.1, 0.15) is 337 Å². The Balaban J connectivity index is 5.22. The van der Waals surface area contributed by atoms with Crippen molar-refractivity contribution in [2.24, 2.45) is 11.8 Å². The largest absolute Gasteiger partial charge is 0.472 e. The highest BCUT2D eigenvalue weighted by Crippen LogP contribution is 2.45. The molecule has 0 aromatic carbocycles. The molecule has 0 aliphatic carbocycles. The minimum atomic E-state index is -4.95. The monoisotopic (exact) mass is 1270 g/mol. The van der Waals surface area contributed by atoms with Gasteiger partial charge in [0.25, 0.3) is 0 Å². The molecule has 0 bridgehead atoms. The fourth-order valence-electron chi connectivity index (χ4n) is 10.1. The van der Waals surface area contributed by atoms with Gasteiger partial charge in [-0.15, -0.1) is 0 Å². The zero-order chi connectivity index (χ0) is 63.6. The van der Waals surface area contributed by atoms with Gasteiger partial charge in [-0.3, -0.25) is 37.3 Å². The summed E-state index contributed by atoms with van der Waals surface area (Å²) in [5, 5.41) is 10.6. The van der Waals surface area contributed by atoms with Crippen LogP contribution in [0.3, 0.4) is 0 Å². The van der Waals surface area contributed by atoms with Gasteiger partial charge in [0.1, 0.15) is 19.3 Å². The van der Waals surface area contributed by atoms with Crippen LogP contribution in [0, 0.1) is 11.8 Å². The number of ether oxygens (including phenoxy) is 4. The third kappa shape index (κ3) is 60.9. The molecule has 0 fully saturated rings. The number of carbonyl (C=O) groups is 4. The molecule has 0 aliphatic rings. The van der Waals surface area contributed by atoms with Crippen molar-refractivity contribution in [3.63, 3.8) is 0 Å². The summed E-state index contributed by atoms with van der Waals surface area (Å²) in [5.74, 6) is -0.637. The highest BCUT2D eigenvalue weighted by Gasteiger charge is 2.30. The van der Waals surface area contributed by atoms with Gasteiger partial charge in [0, 0.05) is 25.7 Å². The van der Waals surface area contributed by atoms with E-state index >= 15 is 0 Å². The van der Waals surface area contributed by atoms with Crippen molar-refractivity contribution in [2.75, 3.05) is 39.6 Å². The molecule has 0 rings (SSSR count). The molecule has 0 amide bonds. The van der Waals surface area contributed by atoms with Crippen LogP contribution in [-0.2, 0) is 65.4 Å². The van der Waals surface area contributed by atoms with E-state index in [0.717, 1.165) is 115 Å². The third-order valence-corrected chi connectivity index (χ3v) is 17.4. The topological polar surface area (TPSA) is 237 Å². The number of aliphatic hydroxyl groups excluding tert-OH is 1. The van der Waals surface area contributed by atoms with E-state index in [2.05, 4.69) is 41.5 Å². The average Bonchev–Trinajstić information content (AvgIpc) is 3.62. The Bertz CT molecular complexity index is 1680. The molecule has 2 unspecified atom stereocenters. The number of aliphatic hydroxyl groups is 1. The van der Waals surface area contributed by atoms with E-state index in [9.17, 15) is 43.2 Å². The summed E-state index contributed by atoms with van der Waals surface area (Å²) in [7, 11) is -9.89. The maximum Gasteiger partial charge on any atom is 0.472 e. The van der Waals surface area contributed by atoms with E-state index < -0.39 is 97.5 Å². The lowest BCUT2D eigenvalue weighted by Crippen LogP contribution is -2.30. The number of rotatable bonds is 66. The van der Waals surface area contributed by atoms with Crippen LogP contribution in [0.2, 0.25) is 0 Å². The van der Waals surface area contributed by atoms with Crippen molar-refractivity contribution in [3.8, 4) is 0 Å². The maximum absolute atomic E-state index is 13.0. The number of hydrogen-bond acceptors (Lipinski definition) is 15. The molecular formula is C67H130O17P2. The Kier molecular flexibility index (Phi) is 58.0. The Labute approximate surface area is 524 Å². The lowest BCUT2D eigenvalue weighted by molar-refractivity contribution is -0.161. The van der Waals surface area contributed by atoms with Gasteiger partial charge < -0.3 is 33.8 Å². The first-order chi connectivity index (χ1) is 41.4. The lowest BCUT2D eigenvalue weighted by Gasteiger charge is -2.21. The van der Waals surface area contributed by atoms with Gasteiger partial charge in [-0.25, -0.2) is 9.13 Å². The molecule has 0 radical (unpaired) electrons. The number of esters is 4. The number of phosphoric ester groups is 2. The Morgan fingerprint density at radius 1 is 0.314 bits per heavy atom. The van der Waals surface area contributed by atoms with Crippen molar-refractivity contribution >= 4 is 39.5 Å². The van der Waals surface area contributed by atoms with E-state index in [4.69, 9.17) is 37.0 Å². The Hall–Kier alpha value is -1.94. The van der Waals surface area contributed by atoms with Crippen molar-refractivity contribution < 1.29 is 80.2 Å². The molecule has 510 valence electrons. The second kappa shape index (κ2) is 59.4. The van der Waals surface area contributed by atoms with Crippen LogP contribution in [0.5, 0.6) is 0 Å². The van der Waals surface area contributed by atoms with Crippen LogP contribution in [0.15, 0.2) is 0 Å². The fourth-order valence-corrected chi connectivity index (χ4v) is 11.6. The number of carbonyl (C=O) groups excluding carboxylic acids is 4. The van der Waals surface area contributed by atoms with E-state index in [-0.39, 0.29) is 25.7 Å². The van der Waals surface area contributed by atoms with E-state index in [0.29, 0.717) is 25.7 Å². The maximum atomic E-state index is 13.0. The molecule has 5 atom stereocenters. The fraction of sp³-hybridized carbons (Fsp3) is 0.940. The first-order valence-electron chi connectivity index (χ1n) is 35.0. The number of phosphoric acid groups is 2. The van der Waals surface area contributed by atoms with Crippen molar-refractivity contribution in [1.82, 2.24) is 0 Å². The summed E-state index contributed by atoms with van der Waals surface area (Å²) >= 11 is 0. The molecule has 0 heterocycles. The molecule has 0 aromatic rings. The molecular weight excluding hydrogens is 1140 g/mol. The molecule has 17 nitrogen and oxygen atoms in total. The van der Waals surface area contributed by atoms with E-state index in [1.807, 2.05) is 0 Å². The normalized spacial score (nSPS) is 14.2. The van der Waals surface area contributed by atoms with Crippen LogP contribution in [0.25, 0.3) is 0 Å². The summed E-state index contributed by atoms with van der Waals surface area (Å²) in [4.78, 5) is 72.3. The highest BCUT2D eigenvalue weighted by atomic mass is 31.2. The van der Waals surface area contributed by atoms with Gasteiger partial charge in [-0.1, -0.05) is 286 Å². The summed E-state index contributed by atoms with van der Waals surface area (Å²) in [6.07, 6.45) is 43.1. The Morgan fingerprint density at radius 2 is 0.535 bits per heavy atom. The van der Waals surface area contributed by atoms with Gasteiger partial charge in [-0.05, 0) is 37.5 Å². The molecule has 0 aromatic heterocycles. The average molecular weight is 1270 g/mol. The zero-order valence-electron chi connectivity index (χ0n) is 55.6. The van der Waals surface area contributed by atoms with Gasteiger partial charge in [-0.2, -0.15) is 0 Å². The second-order valence-electron chi connectivity index (χ2n) is 25.2. The molecule has 0 aliphatic heterocycles. The minimum absolute atomic E-state index is 0.105. The molecule has 3 N–H and O–H groups in total. The van der Waals surface area contributed by atoms with Gasteiger partial charge >= 0.3 is 39.5 Å². The second-order valence-corrected chi connectivity index (χ2v) is 28.1. The number of unbranched alkanes of at least 4 members (excludes halogenated alkanes) is 36. The zero-order valence-corrected chi connectivity index (χ0v) is 57.4. The van der Waals surface area contributed by atoms with E-state index in [1.165, 1.54) is 141 Å². The van der Waals surface area contributed by atoms with Crippen molar-refractivity contribution in [3.05, 3.63) is 0 Å². The molecule has 0 saturated carbocycles. The first-order valence-corrected chi connectivity index (χ1v) is 38.0. The standard InChI is InChI=1S/C67H130O17P2/c1-7-9-11-13-15-16-17-18-19-20-27-33-39-45-51-66(71)84-63(56-78-65(70)50-44-38-32-26-22-21-24-30-35-41-47-59(3)4)58-82-86(75,76)80-54-61(68)53-79-85(73,74)81-57-62(55-77-64(69)49-43-37-29-14-12-10-8-2)83-67(72)52-46-40-34-28-23-25-31-36-42-48-60(5)6/h59-63,68H,7-58H2,1-6H3,(H,73,74)(H,75,76)/t61-,62+,63+/m0/s1. The minimum Gasteiger partial charge on any atom is -0.462 e. The van der Waals surface area contributed by atoms with Gasteiger partial charge in [0.05, 0.1) is 26.4 Å². The third-order valence-electron chi connectivity index (χ3n) is 15.5. The molecule has 86 heavy (non-hydrogen) atoms. The predicted molar refractivity (Wildman–Crippen MR) is 345 cm³/mol. The summed E-state index contributed by atoms with van der Waals surface area (Å²) in [6, 6.07) is 0. The first kappa shape index (κ1) is 84.1. The molecule has 0 saturated heterocycles. The molecule has 0 spiro atoms.